The van der Waals surface area contributed by atoms with Gasteiger partial charge in [0.15, 0.2) is 0 Å². The Hall–Kier alpha value is 0.210. The topological polar surface area (TPSA) is 20.3 Å². The van der Waals surface area contributed by atoms with Crippen LogP contribution < -0.4 is 0 Å². The zero-order valence-corrected chi connectivity index (χ0v) is 6.08. The van der Waals surface area contributed by atoms with Gasteiger partial charge in [0.1, 0.15) is 0 Å². The molecule has 0 heterocycles. The summed E-state index contributed by atoms with van der Waals surface area (Å²) in [5.41, 5.74) is 0. The van der Waals surface area contributed by atoms with Gasteiger partial charge in [-0.25, -0.2) is 0 Å². The smallest absolute Gasteiger partial charge is 0.209 e. The molecule has 35 valence electrons. The van der Waals surface area contributed by atoms with Crippen molar-refractivity contribution in [3.8, 4) is 0 Å². The molecule has 0 rings (SSSR count). The molecule has 0 aliphatic carbocycles. The average molecular weight is 166 g/mol. The van der Waals surface area contributed by atoms with Crippen LogP contribution >= 0.6 is 0 Å². The van der Waals surface area contributed by atoms with Crippen molar-refractivity contribution in [2.24, 2.45) is 0 Å². The Morgan fingerprint density at radius 3 is 1.67 bits per heavy atom. The van der Waals surface area contributed by atoms with Crippen molar-refractivity contribution < 1.29 is 27.2 Å². The minimum atomic E-state index is 0. The van der Waals surface area contributed by atoms with Crippen molar-refractivity contribution in [1.82, 2.24) is 4.90 Å². The maximum atomic E-state index is 9.43. The van der Waals surface area contributed by atoms with E-state index < -0.39 is 0 Å². The fourth-order valence-electron chi connectivity index (χ4n) is 0. The predicted octanol–water partition coefficient (Wildman–Crippen LogP) is -0.298. The first-order chi connectivity index (χ1) is 2.27. The van der Waals surface area contributed by atoms with Crippen LogP contribution in [0.15, 0.2) is 0 Å². The molecule has 0 aliphatic heterocycles. The predicted molar refractivity (Wildman–Crippen MR) is 19.8 cm³/mol. The van der Waals surface area contributed by atoms with Crippen LogP contribution in [0.2, 0.25) is 0 Å². The third-order valence-corrected chi connectivity index (χ3v) is 0.211. The molecule has 0 unspecified atom stereocenters. The molecule has 0 spiro atoms. The third kappa shape index (κ3) is 8.88. The van der Waals surface area contributed by atoms with Crippen LogP contribution in [-0.2, 0) is 27.2 Å². The van der Waals surface area contributed by atoms with Crippen LogP contribution in [0.25, 0.3) is 0 Å². The molecule has 0 aromatic rings. The largest absolute Gasteiger partial charge is 0.351 e. The van der Waals surface area contributed by atoms with Gasteiger partial charge >= 0.3 is 0 Å². The number of amides is 1. The number of nitrogens with zero attached hydrogens (tertiary/aromatic N) is 1. The Kier molecular flexibility index (Phi) is 8.26. The minimum Gasteiger partial charge on any atom is -0.351 e. The number of carbonyl (C=O) groups excluding carboxylic acids is 1. The first-order valence-electron chi connectivity index (χ1n) is 1.39. The zero-order chi connectivity index (χ0) is 4.28. The van der Waals surface area contributed by atoms with Gasteiger partial charge in [-0.3, -0.25) is 4.79 Å². The Balaban J connectivity index is 0. The Morgan fingerprint density at radius 1 is 1.50 bits per heavy atom. The monoisotopic (exact) mass is 166 g/mol. The summed E-state index contributed by atoms with van der Waals surface area (Å²) in [5, 5.41) is 0. The molecular weight excluding hydrogens is 159 g/mol. The molecule has 0 N–H and O–H groups in total. The number of rotatable bonds is 1. The van der Waals surface area contributed by atoms with E-state index in [0.29, 0.717) is 0 Å². The van der Waals surface area contributed by atoms with Crippen molar-refractivity contribution in [2.75, 3.05) is 14.1 Å². The molecule has 1 amide bonds. The van der Waals surface area contributed by atoms with Gasteiger partial charge in [-0.1, -0.05) is 0 Å². The van der Waals surface area contributed by atoms with E-state index in [1.54, 1.807) is 14.1 Å². The van der Waals surface area contributed by atoms with E-state index >= 15 is 0 Å². The molecular formula is C3H7NNbO. The van der Waals surface area contributed by atoms with Crippen LogP contribution in [0.5, 0.6) is 0 Å². The van der Waals surface area contributed by atoms with Gasteiger partial charge in [0.25, 0.3) is 0 Å². The summed E-state index contributed by atoms with van der Waals surface area (Å²) in [6.45, 7) is 0. The van der Waals surface area contributed by atoms with Gasteiger partial charge in [-0.15, -0.1) is 0 Å². The molecule has 0 fully saturated rings. The SMILES string of the molecule is CN(C)C=O.[Nb]. The Morgan fingerprint density at radius 2 is 1.67 bits per heavy atom. The summed E-state index contributed by atoms with van der Waals surface area (Å²) in [4.78, 5) is 10.9. The Labute approximate surface area is 53.0 Å². The minimum absolute atomic E-state index is 0. The van der Waals surface area contributed by atoms with Gasteiger partial charge in [-0.05, 0) is 0 Å². The van der Waals surface area contributed by atoms with Crippen LogP contribution in [0.1, 0.15) is 0 Å². The molecule has 3 heteroatoms. The van der Waals surface area contributed by atoms with E-state index in [9.17, 15) is 4.79 Å². The summed E-state index contributed by atoms with van der Waals surface area (Å²) < 4.78 is 0. The molecule has 0 aliphatic rings. The van der Waals surface area contributed by atoms with Crippen molar-refractivity contribution in [1.29, 1.82) is 0 Å². The molecule has 0 aromatic carbocycles. The molecule has 0 atom stereocenters. The first kappa shape index (κ1) is 9.51. The van der Waals surface area contributed by atoms with Crippen molar-refractivity contribution >= 4 is 6.41 Å². The Bertz CT molecular complexity index is 37.8. The summed E-state index contributed by atoms with van der Waals surface area (Å²) in [7, 11) is 3.38. The molecule has 0 saturated heterocycles. The van der Waals surface area contributed by atoms with Crippen LogP contribution in [-0.4, -0.2) is 25.4 Å². The van der Waals surface area contributed by atoms with E-state index in [2.05, 4.69) is 0 Å². The molecule has 6 heavy (non-hydrogen) atoms. The van der Waals surface area contributed by atoms with Crippen LogP contribution in [0.3, 0.4) is 0 Å². The van der Waals surface area contributed by atoms with Crippen LogP contribution in [0, 0.1) is 0 Å². The molecule has 0 bridgehead atoms. The molecule has 2 nitrogen and oxygen atoms in total. The summed E-state index contributed by atoms with van der Waals surface area (Å²) >= 11 is 0. The number of carbonyl (C=O) groups is 1. The second-order valence-corrected chi connectivity index (χ2v) is 1.07. The normalized spacial score (nSPS) is 5.67. The maximum absolute atomic E-state index is 9.43. The summed E-state index contributed by atoms with van der Waals surface area (Å²) in [6, 6.07) is 0. The number of hydrogen-bond acceptors (Lipinski definition) is 1. The van der Waals surface area contributed by atoms with E-state index in [1.807, 2.05) is 0 Å². The fraction of sp³-hybridized carbons (Fsp3) is 0.667. The second-order valence-electron chi connectivity index (χ2n) is 1.07. The van der Waals surface area contributed by atoms with Gasteiger partial charge in [0.05, 0.1) is 0 Å². The van der Waals surface area contributed by atoms with E-state index in [-0.39, 0.29) is 22.4 Å². The van der Waals surface area contributed by atoms with E-state index in [4.69, 9.17) is 0 Å². The molecule has 0 saturated carbocycles. The quantitative estimate of drug-likeness (QED) is 0.387. The molecule has 0 aromatic heterocycles. The summed E-state index contributed by atoms with van der Waals surface area (Å²) in [6.07, 6.45) is 0.750. The second kappa shape index (κ2) is 5.21. The van der Waals surface area contributed by atoms with Crippen molar-refractivity contribution in [3.05, 3.63) is 0 Å². The summed E-state index contributed by atoms with van der Waals surface area (Å²) in [5.74, 6) is 0. The van der Waals surface area contributed by atoms with E-state index in [1.165, 1.54) is 4.90 Å². The zero-order valence-electron chi connectivity index (χ0n) is 3.88. The maximum Gasteiger partial charge on any atom is 0.209 e. The average Bonchev–Trinajstić information content (AvgIpc) is 1.38. The van der Waals surface area contributed by atoms with Crippen LogP contribution in [0.4, 0.5) is 0 Å². The molecule has 1 radical (unpaired) electrons. The van der Waals surface area contributed by atoms with Crippen molar-refractivity contribution in [3.63, 3.8) is 0 Å². The van der Waals surface area contributed by atoms with E-state index in [0.717, 1.165) is 6.41 Å². The third-order valence-electron chi connectivity index (χ3n) is 0.211. The van der Waals surface area contributed by atoms with Gasteiger partial charge in [0, 0.05) is 36.5 Å². The first-order valence-corrected chi connectivity index (χ1v) is 1.39. The number of hydrogen-bond donors (Lipinski definition) is 0. The standard InChI is InChI=1S/C3H7NO.Nb/c1-4(2)3-5;/h3H,1-2H3;. The van der Waals surface area contributed by atoms with Gasteiger partial charge < -0.3 is 4.90 Å². The fourth-order valence-corrected chi connectivity index (χ4v) is 0. The van der Waals surface area contributed by atoms with Gasteiger partial charge in [0.2, 0.25) is 6.41 Å². The van der Waals surface area contributed by atoms with Crippen molar-refractivity contribution in [2.45, 2.75) is 0 Å². The van der Waals surface area contributed by atoms with Gasteiger partial charge in [-0.2, -0.15) is 0 Å².